The lowest BCUT2D eigenvalue weighted by molar-refractivity contribution is 0.0500. The van der Waals surface area contributed by atoms with Crippen LogP contribution < -0.4 is 0 Å². The Hall–Kier alpha value is -2.85. The van der Waals surface area contributed by atoms with Crippen LogP contribution in [0.5, 0.6) is 0 Å². The van der Waals surface area contributed by atoms with Crippen LogP contribution in [-0.4, -0.2) is 22.0 Å². The van der Waals surface area contributed by atoms with Crippen LogP contribution >= 0.6 is 11.6 Å². The summed E-state index contributed by atoms with van der Waals surface area (Å²) in [4.78, 5) is 17.4. The smallest absolute Gasteiger partial charge is 0.338 e. The molecule has 0 saturated carbocycles. The van der Waals surface area contributed by atoms with Crippen LogP contribution in [0.1, 0.15) is 30.1 Å². The average molecular weight is 379 g/mol. The second-order valence-electron chi connectivity index (χ2n) is 6.43. The van der Waals surface area contributed by atoms with E-state index in [1.807, 2.05) is 59.1 Å². The third-order valence-electron chi connectivity index (χ3n) is 4.55. The van der Waals surface area contributed by atoms with Gasteiger partial charge in [0.05, 0.1) is 23.2 Å². The van der Waals surface area contributed by atoms with Crippen LogP contribution in [-0.2, 0) is 4.74 Å². The summed E-state index contributed by atoms with van der Waals surface area (Å²) in [5.41, 5.74) is 4.81. The van der Waals surface area contributed by atoms with Gasteiger partial charge in [0.15, 0.2) is 0 Å². The SMILES string of the molecule is CCCCOC(=O)c1cc2nc3ccccc3n2cc1-c1ccc(Cl)cc1. The van der Waals surface area contributed by atoms with E-state index in [1.54, 1.807) is 6.07 Å². The molecule has 136 valence electrons. The van der Waals surface area contributed by atoms with Crippen LogP contribution in [0.2, 0.25) is 5.02 Å². The molecule has 2 heterocycles. The molecule has 2 aromatic heterocycles. The molecule has 0 amide bonds. The van der Waals surface area contributed by atoms with Crippen molar-refractivity contribution < 1.29 is 9.53 Å². The van der Waals surface area contributed by atoms with E-state index >= 15 is 0 Å². The molecule has 0 saturated heterocycles. The normalized spacial score (nSPS) is 11.2. The topological polar surface area (TPSA) is 43.6 Å². The van der Waals surface area contributed by atoms with Crippen molar-refractivity contribution in [2.24, 2.45) is 0 Å². The van der Waals surface area contributed by atoms with Gasteiger partial charge in [0.1, 0.15) is 5.65 Å². The first kappa shape index (κ1) is 17.6. The number of rotatable bonds is 5. The third kappa shape index (κ3) is 3.40. The van der Waals surface area contributed by atoms with Crippen molar-refractivity contribution in [3.8, 4) is 11.1 Å². The first-order valence-corrected chi connectivity index (χ1v) is 9.39. The van der Waals surface area contributed by atoms with E-state index in [-0.39, 0.29) is 5.97 Å². The highest BCUT2D eigenvalue weighted by Gasteiger charge is 2.18. The molecule has 0 radical (unpaired) electrons. The number of fused-ring (bicyclic) bond motifs is 3. The summed E-state index contributed by atoms with van der Waals surface area (Å²) in [6.45, 7) is 2.48. The van der Waals surface area contributed by atoms with Gasteiger partial charge in [0.2, 0.25) is 0 Å². The molecule has 0 aliphatic carbocycles. The van der Waals surface area contributed by atoms with E-state index in [2.05, 4.69) is 11.9 Å². The molecular formula is C22H19ClN2O2. The fourth-order valence-electron chi connectivity index (χ4n) is 3.12. The van der Waals surface area contributed by atoms with Crippen molar-refractivity contribution in [1.82, 2.24) is 9.38 Å². The number of carbonyl (C=O) groups excluding carboxylic acids is 1. The fraction of sp³-hybridized carbons (Fsp3) is 0.182. The minimum atomic E-state index is -0.331. The maximum absolute atomic E-state index is 12.8. The van der Waals surface area contributed by atoms with E-state index in [9.17, 15) is 4.79 Å². The zero-order valence-corrected chi connectivity index (χ0v) is 15.7. The molecule has 27 heavy (non-hydrogen) atoms. The number of pyridine rings is 1. The number of ether oxygens (including phenoxy) is 1. The Bertz CT molecular complexity index is 1120. The van der Waals surface area contributed by atoms with Gasteiger partial charge in [-0.2, -0.15) is 0 Å². The molecular weight excluding hydrogens is 360 g/mol. The van der Waals surface area contributed by atoms with Crippen LogP contribution in [0.4, 0.5) is 0 Å². The molecule has 2 aromatic carbocycles. The predicted octanol–water partition coefficient (Wildman–Crippen LogP) is 5.76. The monoisotopic (exact) mass is 378 g/mol. The Balaban J connectivity index is 1.90. The number of aromatic nitrogens is 2. The lowest BCUT2D eigenvalue weighted by atomic mass is 10.0. The van der Waals surface area contributed by atoms with Crippen LogP contribution in [0.15, 0.2) is 60.8 Å². The molecule has 4 aromatic rings. The van der Waals surface area contributed by atoms with Gasteiger partial charge in [0, 0.05) is 16.8 Å². The first-order valence-electron chi connectivity index (χ1n) is 9.01. The third-order valence-corrected chi connectivity index (χ3v) is 4.80. The van der Waals surface area contributed by atoms with Gasteiger partial charge in [-0.05, 0) is 42.3 Å². The van der Waals surface area contributed by atoms with Gasteiger partial charge in [-0.25, -0.2) is 9.78 Å². The van der Waals surface area contributed by atoms with E-state index in [4.69, 9.17) is 16.3 Å². The fourth-order valence-corrected chi connectivity index (χ4v) is 3.25. The van der Waals surface area contributed by atoms with Crippen molar-refractivity contribution in [2.45, 2.75) is 19.8 Å². The largest absolute Gasteiger partial charge is 0.462 e. The number of para-hydroxylation sites is 2. The lowest BCUT2D eigenvalue weighted by Gasteiger charge is -2.11. The summed E-state index contributed by atoms with van der Waals surface area (Å²) >= 11 is 6.03. The standard InChI is InChI=1S/C22H19ClN2O2/c1-2-3-12-27-22(26)17-13-21-24-19-6-4-5-7-20(19)25(21)14-18(17)15-8-10-16(23)11-9-15/h4-11,13-14H,2-3,12H2,1H3. The zero-order chi connectivity index (χ0) is 18.8. The maximum atomic E-state index is 12.8. The summed E-state index contributed by atoms with van der Waals surface area (Å²) in [5, 5.41) is 0.653. The predicted molar refractivity (Wildman–Crippen MR) is 108 cm³/mol. The Morgan fingerprint density at radius 2 is 1.93 bits per heavy atom. The number of unbranched alkanes of at least 4 members (excludes halogenated alkanes) is 1. The highest BCUT2D eigenvalue weighted by Crippen LogP contribution is 2.29. The molecule has 0 aliphatic rings. The highest BCUT2D eigenvalue weighted by atomic mass is 35.5. The Kier molecular flexibility index (Phi) is 4.82. The highest BCUT2D eigenvalue weighted by molar-refractivity contribution is 6.30. The molecule has 0 aliphatic heterocycles. The summed E-state index contributed by atoms with van der Waals surface area (Å²) in [5.74, 6) is -0.331. The zero-order valence-electron chi connectivity index (χ0n) is 15.0. The molecule has 0 N–H and O–H groups in total. The van der Waals surface area contributed by atoms with Crippen molar-refractivity contribution in [1.29, 1.82) is 0 Å². The Labute approximate surface area is 162 Å². The number of hydrogen-bond acceptors (Lipinski definition) is 3. The van der Waals surface area contributed by atoms with E-state index < -0.39 is 0 Å². The Morgan fingerprint density at radius 1 is 1.15 bits per heavy atom. The summed E-state index contributed by atoms with van der Waals surface area (Å²) in [7, 11) is 0. The molecule has 5 heteroatoms. The summed E-state index contributed by atoms with van der Waals surface area (Å²) in [6.07, 6.45) is 3.77. The second-order valence-corrected chi connectivity index (χ2v) is 6.86. The minimum absolute atomic E-state index is 0.331. The number of hydrogen-bond donors (Lipinski definition) is 0. The van der Waals surface area contributed by atoms with Gasteiger partial charge in [-0.3, -0.25) is 4.40 Å². The molecule has 0 fully saturated rings. The van der Waals surface area contributed by atoms with Crippen LogP contribution in [0.25, 0.3) is 27.8 Å². The number of benzene rings is 2. The van der Waals surface area contributed by atoms with Crippen molar-refractivity contribution in [3.05, 3.63) is 71.4 Å². The molecule has 0 unspecified atom stereocenters. The minimum Gasteiger partial charge on any atom is -0.462 e. The van der Waals surface area contributed by atoms with Gasteiger partial charge in [-0.1, -0.05) is 49.2 Å². The number of carbonyl (C=O) groups is 1. The van der Waals surface area contributed by atoms with E-state index in [1.165, 1.54) is 0 Å². The number of halogens is 1. The lowest BCUT2D eigenvalue weighted by Crippen LogP contribution is -2.09. The average Bonchev–Trinajstić information content (AvgIpc) is 3.05. The maximum Gasteiger partial charge on any atom is 0.338 e. The molecule has 0 atom stereocenters. The van der Waals surface area contributed by atoms with E-state index in [0.717, 1.165) is 40.6 Å². The van der Waals surface area contributed by atoms with Gasteiger partial charge in [-0.15, -0.1) is 0 Å². The molecule has 0 spiro atoms. The Morgan fingerprint density at radius 3 is 2.70 bits per heavy atom. The summed E-state index contributed by atoms with van der Waals surface area (Å²) < 4.78 is 7.48. The van der Waals surface area contributed by atoms with Gasteiger partial charge in [0.25, 0.3) is 0 Å². The van der Waals surface area contributed by atoms with Crippen LogP contribution in [0.3, 0.4) is 0 Å². The van der Waals surface area contributed by atoms with Crippen molar-refractivity contribution in [2.75, 3.05) is 6.61 Å². The first-order chi connectivity index (χ1) is 13.2. The number of esters is 1. The number of nitrogens with zero attached hydrogens (tertiary/aromatic N) is 2. The molecule has 4 rings (SSSR count). The second kappa shape index (κ2) is 7.41. The van der Waals surface area contributed by atoms with Crippen molar-refractivity contribution in [3.63, 3.8) is 0 Å². The quantitative estimate of drug-likeness (QED) is 0.327. The molecule has 4 nitrogen and oxygen atoms in total. The van der Waals surface area contributed by atoms with Crippen molar-refractivity contribution >= 4 is 34.3 Å². The number of imidazole rings is 1. The van der Waals surface area contributed by atoms with E-state index in [0.29, 0.717) is 17.2 Å². The van der Waals surface area contributed by atoms with Gasteiger partial charge < -0.3 is 4.74 Å². The molecule has 0 bridgehead atoms. The van der Waals surface area contributed by atoms with Gasteiger partial charge >= 0.3 is 5.97 Å². The van der Waals surface area contributed by atoms with Crippen LogP contribution in [0, 0.1) is 0 Å². The summed E-state index contributed by atoms with van der Waals surface area (Å²) in [6, 6.07) is 17.2.